The largest absolute Gasteiger partial charge is 0.478 e. The molecule has 4 rings (SSSR count). The minimum atomic E-state index is -1.05. The number of nitrogens with zero attached hydrogens (tertiary/aromatic N) is 2. The molecule has 3 N–H and O–H groups in total. The number of halogens is 1. The second kappa shape index (κ2) is 5.43. The molecule has 118 valence electrons. The third-order valence-corrected chi connectivity index (χ3v) is 5.30. The highest BCUT2D eigenvalue weighted by Crippen LogP contribution is 2.37. The van der Waals surface area contributed by atoms with Crippen molar-refractivity contribution < 1.29 is 9.90 Å². The Bertz CT molecular complexity index is 1120. The van der Waals surface area contributed by atoms with Gasteiger partial charge in [0.1, 0.15) is 12.1 Å². The maximum Gasteiger partial charge on any atom is 0.337 e. The van der Waals surface area contributed by atoms with E-state index in [4.69, 9.17) is 17.3 Å². The van der Waals surface area contributed by atoms with Gasteiger partial charge in [0.25, 0.3) is 0 Å². The van der Waals surface area contributed by atoms with Gasteiger partial charge in [0.2, 0.25) is 0 Å². The van der Waals surface area contributed by atoms with Crippen LogP contribution in [0.4, 0.5) is 5.82 Å². The summed E-state index contributed by atoms with van der Waals surface area (Å²) in [4.78, 5) is 19.6. The lowest BCUT2D eigenvalue weighted by Gasteiger charge is -2.05. The fourth-order valence-electron chi connectivity index (χ4n) is 2.64. The molecule has 7 heteroatoms. The van der Waals surface area contributed by atoms with Crippen molar-refractivity contribution in [3.8, 4) is 11.1 Å². The predicted molar refractivity (Wildman–Crippen MR) is 96.7 cm³/mol. The first kappa shape index (κ1) is 14.9. The van der Waals surface area contributed by atoms with Crippen LogP contribution in [-0.2, 0) is 0 Å². The highest BCUT2D eigenvalue weighted by atomic mass is 35.5. The molecule has 0 fully saturated rings. The van der Waals surface area contributed by atoms with E-state index in [2.05, 4.69) is 9.97 Å². The van der Waals surface area contributed by atoms with Gasteiger partial charge in [-0.05, 0) is 29.3 Å². The van der Waals surface area contributed by atoms with E-state index in [1.807, 2.05) is 18.2 Å². The van der Waals surface area contributed by atoms with Crippen LogP contribution in [0.25, 0.3) is 31.4 Å². The van der Waals surface area contributed by atoms with Gasteiger partial charge in [0, 0.05) is 10.1 Å². The molecule has 0 aliphatic heterocycles. The lowest BCUT2D eigenvalue weighted by atomic mass is 10.0. The van der Waals surface area contributed by atoms with Crippen LogP contribution in [-0.4, -0.2) is 21.0 Å². The molecular formula is C17H10ClN3O2S. The minimum absolute atomic E-state index is 0.0840. The average molecular weight is 356 g/mol. The first-order valence-corrected chi connectivity index (χ1v) is 8.20. The molecule has 24 heavy (non-hydrogen) atoms. The molecule has 0 saturated heterocycles. The number of carboxylic acid groups (broad SMARTS) is 1. The minimum Gasteiger partial charge on any atom is -0.478 e. The lowest BCUT2D eigenvalue weighted by Crippen LogP contribution is -1.97. The zero-order valence-electron chi connectivity index (χ0n) is 12.2. The summed E-state index contributed by atoms with van der Waals surface area (Å²) in [5.74, 6) is -0.588. The molecule has 0 saturated carbocycles. The molecule has 2 heterocycles. The number of fused-ring (bicyclic) bond motifs is 3. The van der Waals surface area contributed by atoms with Crippen LogP contribution in [0.2, 0.25) is 5.02 Å². The number of carboxylic acids is 1. The van der Waals surface area contributed by atoms with Crippen molar-refractivity contribution >= 4 is 55.0 Å². The number of nitrogen functional groups attached to an aromatic ring is 1. The van der Waals surface area contributed by atoms with E-state index >= 15 is 0 Å². The van der Waals surface area contributed by atoms with Crippen LogP contribution in [0.3, 0.4) is 0 Å². The molecule has 2 aromatic carbocycles. The van der Waals surface area contributed by atoms with E-state index in [1.165, 1.54) is 17.7 Å². The van der Waals surface area contributed by atoms with E-state index in [-0.39, 0.29) is 10.6 Å². The number of aromatic nitrogens is 2. The third kappa shape index (κ3) is 2.28. The number of rotatable bonds is 2. The quantitative estimate of drug-likeness (QED) is 0.554. The maximum atomic E-state index is 11.3. The number of nitrogens with two attached hydrogens (primary N) is 1. The lowest BCUT2D eigenvalue weighted by molar-refractivity contribution is 0.0697. The van der Waals surface area contributed by atoms with E-state index in [1.54, 1.807) is 18.2 Å². The van der Waals surface area contributed by atoms with Crippen molar-refractivity contribution in [2.24, 2.45) is 0 Å². The first-order chi connectivity index (χ1) is 11.5. The zero-order chi connectivity index (χ0) is 16.8. The van der Waals surface area contributed by atoms with Gasteiger partial charge in [-0.1, -0.05) is 29.8 Å². The SMILES string of the molecule is Nc1ncnc2c1sc1cc(-c3ccc(Cl)c(C(=O)O)c3)ccc12. The smallest absolute Gasteiger partial charge is 0.337 e. The summed E-state index contributed by atoms with van der Waals surface area (Å²) >= 11 is 7.46. The average Bonchev–Trinajstić information content (AvgIpc) is 2.94. The standard InChI is InChI=1S/C17H10ClN3O2S/c18-12-4-2-8(5-11(12)17(22)23)9-1-3-10-13(6-9)24-15-14(10)20-7-21-16(15)19/h1-7H,(H,22,23)(H2,19,20,21). The van der Waals surface area contributed by atoms with Gasteiger partial charge in [-0.3, -0.25) is 0 Å². The molecule has 0 bridgehead atoms. The number of carbonyl (C=O) groups is 1. The fourth-order valence-corrected chi connectivity index (χ4v) is 3.94. The number of thiophene rings is 1. The van der Waals surface area contributed by atoms with Gasteiger partial charge in [0.05, 0.1) is 20.8 Å². The highest BCUT2D eigenvalue weighted by molar-refractivity contribution is 7.26. The van der Waals surface area contributed by atoms with Crippen LogP contribution in [0, 0.1) is 0 Å². The molecule has 0 spiro atoms. The normalized spacial score (nSPS) is 11.2. The summed E-state index contributed by atoms with van der Waals surface area (Å²) in [5.41, 5.74) is 8.52. The van der Waals surface area contributed by atoms with Crippen LogP contribution in [0.15, 0.2) is 42.7 Å². The zero-order valence-corrected chi connectivity index (χ0v) is 13.7. The number of anilines is 1. The first-order valence-electron chi connectivity index (χ1n) is 7.00. The second-order valence-corrected chi connectivity index (χ2v) is 6.71. The van der Waals surface area contributed by atoms with Crippen molar-refractivity contribution in [3.63, 3.8) is 0 Å². The number of aromatic carboxylic acids is 1. The van der Waals surface area contributed by atoms with Gasteiger partial charge >= 0.3 is 5.97 Å². The fraction of sp³-hybridized carbons (Fsp3) is 0. The van der Waals surface area contributed by atoms with Crippen LogP contribution in [0.5, 0.6) is 0 Å². The van der Waals surface area contributed by atoms with E-state index < -0.39 is 5.97 Å². The Morgan fingerprint density at radius 1 is 1.12 bits per heavy atom. The molecule has 2 aromatic heterocycles. The van der Waals surface area contributed by atoms with Gasteiger partial charge in [-0.25, -0.2) is 14.8 Å². The Hall–Kier alpha value is -2.70. The number of hydrogen-bond acceptors (Lipinski definition) is 5. The van der Waals surface area contributed by atoms with Crippen molar-refractivity contribution in [1.29, 1.82) is 0 Å². The molecule has 0 radical (unpaired) electrons. The van der Waals surface area contributed by atoms with Crippen LogP contribution < -0.4 is 5.73 Å². The maximum absolute atomic E-state index is 11.3. The molecule has 0 aliphatic rings. The monoisotopic (exact) mass is 355 g/mol. The Kier molecular flexibility index (Phi) is 3.37. The Balaban J connectivity index is 1.92. The summed E-state index contributed by atoms with van der Waals surface area (Å²) in [7, 11) is 0. The van der Waals surface area contributed by atoms with Gasteiger partial charge in [-0.2, -0.15) is 0 Å². The molecule has 0 aliphatic carbocycles. The number of benzene rings is 2. The summed E-state index contributed by atoms with van der Waals surface area (Å²) < 4.78 is 1.87. The van der Waals surface area contributed by atoms with E-state index in [9.17, 15) is 9.90 Å². The van der Waals surface area contributed by atoms with Gasteiger partial charge in [-0.15, -0.1) is 11.3 Å². The molecular weight excluding hydrogens is 346 g/mol. The Morgan fingerprint density at radius 2 is 1.88 bits per heavy atom. The topological polar surface area (TPSA) is 89.1 Å². The summed E-state index contributed by atoms with van der Waals surface area (Å²) in [5, 5.41) is 10.4. The summed E-state index contributed by atoms with van der Waals surface area (Å²) in [6.45, 7) is 0. The molecule has 0 amide bonds. The van der Waals surface area contributed by atoms with Crippen molar-refractivity contribution in [2.75, 3.05) is 5.73 Å². The Morgan fingerprint density at radius 3 is 2.67 bits per heavy atom. The molecule has 4 aromatic rings. The summed E-state index contributed by atoms with van der Waals surface area (Å²) in [6, 6.07) is 10.9. The third-order valence-electron chi connectivity index (χ3n) is 3.81. The van der Waals surface area contributed by atoms with Crippen LogP contribution in [0.1, 0.15) is 10.4 Å². The van der Waals surface area contributed by atoms with Crippen LogP contribution >= 0.6 is 22.9 Å². The predicted octanol–water partition coefficient (Wildman–Crippen LogP) is 4.45. The second-order valence-electron chi connectivity index (χ2n) is 5.25. The van der Waals surface area contributed by atoms with Crippen molar-refractivity contribution in [3.05, 3.63) is 53.3 Å². The number of hydrogen-bond donors (Lipinski definition) is 2. The van der Waals surface area contributed by atoms with Crippen molar-refractivity contribution in [2.45, 2.75) is 0 Å². The van der Waals surface area contributed by atoms with E-state index in [0.29, 0.717) is 5.82 Å². The van der Waals surface area contributed by atoms with Gasteiger partial charge < -0.3 is 10.8 Å². The molecule has 5 nitrogen and oxygen atoms in total. The van der Waals surface area contributed by atoms with E-state index in [0.717, 1.165) is 31.4 Å². The highest BCUT2D eigenvalue weighted by Gasteiger charge is 2.13. The van der Waals surface area contributed by atoms with Gasteiger partial charge in [0.15, 0.2) is 0 Å². The Labute approximate surface area is 145 Å². The summed E-state index contributed by atoms with van der Waals surface area (Å²) in [6.07, 6.45) is 1.45. The molecule has 0 atom stereocenters. The molecule has 0 unspecified atom stereocenters. The van der Waals surface area contributed by atoms with Crippen molar-refractivity contribution in [1.82, 2.24) is 9.97 Å².